The average molecular weight is 274 g/mol. The highest BCUT2D eigenvalue weighted by Crippen LogP contribution is 2.31. The molecule has 1 fully saturated rings. The van der Waals surface area contributed by atoms with Gasteiger partial charge in [0.05, 0.1) is 0 Å². The number of ether oxygens (including phenoxy) is 1. The highest BCUT2D eigenvalue weighted by atomic mass is 32.2. The van der Waals surface area contributed by atoms with E-state index in [4.69, 9.17) is 4.74 Å². The maximum absolute atomic E-state index is 12.1. The van der Waals surface area contributed by atoms with Crippen LogP contribution in [0.2, 0.25) is 0 Å². The van der Waals surface area contributed by atoms with E-state index in [9.17, 15) is 21.6 Å². The Hall–Kier alpha value is -0.760. The third kappa shape index (κ3) is 3.60. The summed E-state index contributed by atoms with van der Waals surface area (Å²) in [6.07, 6.45) is 2.15. The molecular formula is C9H13F3O4S. The van der Waals surface area contributed by atoms with Crippen LogP contribution in [0, 0.1) is 5.92 Å². The van der Waals surface area contributed by atoms with E-state index in [0.717, 1.165) is 0 Å². The highest BCUT2D eigenvalue weighted by Gasteiger charge is 2.49. The molecule has 0 bridgehead atoms. The van der Waals surface area contributed by atoms with Crippen LogP contribution < -0.4 is 0 Å². The fourth-order valence-corrected chi connectivity index (χ4v) is 2.09. The maximum atomic E-state index is 12.1. The Balaban J connectivity index is 2.78. The van der Waals surface area contributed by atoms with E-state index in [1.807, 2.05) is 0 Å². The molecule has 0 N–H and O–H groups in total. The van der Waals surface area contributed by atoms with Crippen molar-refractivity contribution < 1.29 is 30.5 Å². The molecule has 4 nitrogen and oxygen atoms in total. The fraction of sp³-hybridized carbons (Fsp3) is 0.778. The molecule has 0 aromatic carbocycles. The van der Waals surface area contributed by atoms with E-state index in [1.54, 1.807) is 0 Å². The molecule has 0 spiro atoms. The summed E-state index contributed by atoms with van der Waals surface area (Å²) in [6.45, 7) is 2.21. The van der Waals surface area contributed by atoms with Crippen molar-refractivity contribution in [3.8, 4) is 0 Å². The molecule has 0 aromatic rings. The first-order chi connectivity index (χ1) is 7.78. The zero-order chi connectivity index (χ0) is 13.1. The van der Waals surface area contributed by atoms with Gasteiger partial charge >= 0.3 is 15.6 Å². The van der Waals surface area contributed by atoms with Crippen LogP contribution in [-0.2, 0) is 19.0 Å². The number of rotatable bonds is 3. The van der Waals surface area contributed by atoms with E-state index in [2.05, 4.69) is 4.18 Å². The van der Waals surface area contributed by atoms with Crippen LogP contribution >= 0.6 is 0 Å². The summed E-state index contributed by atoms with van der Waals surface area (Å²) in [5, 5.41) is 0. The molecule has 1 aliphatic heterocycles. The normalized spacial score (nSPS) is 20.4. The summed E-state index contributed by atoms with van der Waals surface area (Å²) < 4.78 is 67.3. The van der Waals surface area contributed by atoms with Gasteiger partial charge in [-0.25, -0.2) is 0 Å². The number of allylic oxidation sites excluding steroid dienone is 2. The molecule has 1 rings (SSSR count). The Labute approximate surface area is 97.5 Å². The van der Waals surface area contributed by atoms with Crippen LogP contribution in [-0.4, -0.2) is 27.1 Å². The Morgan fingerprint density at radius 1 is 1.35 bits per heavy atom. The lowest BCUT2D eigenvalue weighted by molar-refractivity contribution is -0.0531. The molecule has 1 saturated heterocycles. The summed E-state index contributed by atoms with van der Waals surface area (Å²) in [4.78, 5) is 0. The lowest BCUT2D eigenvalue weighted by Gasteiger charge is -2.24. The van der Waals surface area contributed by atoms with E-state index in [0.29, 0.717) is 26.1 Å². The van der Waals surface area contributed by atoms with Crippen LogP contribution in [0.3, 0.4) is 0 Å². The summed E-state index contributed by atoms with van der Waals surface area (Å²) in [5.41, 5.74) is -5.40. The standard InChI is InChI=1S/C9H13F3O4S/c1-2-8(7-3-5-15-6-4-7)16-17(13,14)9(10,11)12/h2,7H,3-6H2,1H3/b8-2-. The second-order valence-corrected chi connectivity index (χ2v) is 5.10. The SMILES string of the molecule is C/C=C(\OS(=O)(=O)C(F)(F)F)C1CCOCC1. The first-order valence-electron chi connectivity index (χ1n) is 5.02. The number of hydrogen-bond acceptors (Lipinski definition) is 4. The maximum Gasteiger partial charge on any atom is 0.534 e. The topological polar surface area (TPSA) is 52.6 Å². The molecule has 0 aliphatic carbocycles. The third-order valence-electron chi connectivity index (χ3n) is 2.40. The van der Waals surface area contributed by atoms with Gasteiger partial charge in [-0.3, -0.25) is 0 Å². The van der Waals surface area contributed by atoms with Gasteiger partial charge in [-0.1, -0.05) is 0 Å². The minimum atomic E-state index is -5.57. The number of alkyl halides is 3. The van der Waals surface area contributed by atoms with Crippen molar-refractivity contribution in [1.29, 1.82) is 0 Å². The molecule has 0 amide bonds. The largest absolute Gasteiger partial charge is 0.534 e. The molecule has 0 atom stereocenters. The zero-order valence-electron chi connectivity index (χ0n) is 9.16. The molecule has 0 aromatic heterocycles. The summed E-state index contributed by atoms with van der Waals surface area (Å²) >= 11 is 0. The van der Waals surface area contributed by atoms with Gasteiger partial charge in [0, 0.05) is 19.1 Å². The van der Waals surface area contributed by atoms with Gasteiger partial charge < -0.3 is 8.92 Å². The Bertz CT molecular complexity index is 380. The van der Waals surface area contributed by atoms with Crippen molar-refractivity contribution in [1.82, 2.24) is 0 Å². The summed E-state index contributed by atoms with van der Waals surface area (Å²) in [7, 11) is -5.57. The molecule has 17 heavy (non-hydrogen) atoms. The van der Waals surface area contributed by atoms with Crippen LogP contribution in [0.15, 0.2) is 11.8 Å². The van der Waals surface area contributed by atoms with Crippen molar-refractivity contribution in [2.24, 2.45) is 5.92 Å². The molecule has 0 saturated carbocycles. The van der Waals surface area contributed by atoms with Crippen molar-refractivity contribution in [2.75, 3.05) is 13.2 Å². The van der Waals surface area contributed by atoms with E-state index < -0.39 is 15.6 Å². The Morgan fingerprint density at radius 3 is 2.29 bits per heavy atom. The summed E-state index contributed by atoms with van der Waals surface area (Å²) in [6, 6.07) is 0. The van der Waals surface area contributed by atoms with Gasteiger partial charge in [-0.05, 0) is 25.8 Å². The first-order valence-corrected chi connectivity index (χ1v) is 6.43. The second kappa shape index (κ2) is 5.26. The van der Waals surface area contributed by atoms with Gasteiger partial charge in [-0.2, -0.15) is 21.6 Å². The monoisotopic (exact) mass is 274 g/mol. The van der Waals surface area contributed by atoms with Crippen LogP contribution in [0.1, 0.15) is 19.8 Å². The van der Waals surface area contributed by atoms with Crippen molar-refractivity contribution in [3.63, 3.8) is 0 Å². The molecule has 1 aliphatic rings. The molecule has 100 valence electrons. The Morgan fingerprint density at radius 2 is 1.88 bits per heavy atom. The predicted molar refractivity (Wildman–Crippen MR) is 53.4 cm³/mol. The number of hydrogen-bond donors (Lipinski definition) is 0. The minimum absolute atomic E-state index is 0.161. The van der Waals surface area contributed by atoms with Crippen molar-refractivity contribution in [2.45, 2.75) is 25.3 Å². The van der Waals surface area contributed by atoms with Gasteiger partial charge in [0.1, 0.15) is 5.76 Å². The molecular weight excluding hydrogens is 261 g/mol. The van der Waals surface area contributed by atoms with Crippen LogP contribution in [0.25, 0.3) is 0 Å². The summed E-state index contributed by atoms with van der Waals surface area (Å²) in [5.74, 6) is -0.503. The lowest BCUT2D eigenvalue weighted by Crippen LogP contribution is -2.28. The molecule has 0 unspecified atom stereocenters. The molecule has 0 radical (unpaired) electrons. The second-order valence-electron chi connectivity index (χ2n) is 3.56. The van der Waals surface area contributed by atoms with E-state index >= 15 is 0 Å². The van der Waals surface area contributed by atoms with Gasteiger partial charge in [0.25, 0.3) is 0 Å². The van der Waals surface area contributed by atoms with Crippen LogP contribution in [0.5, 0.6) is 0 Å². The zero-order valence-corrected chi connectivity index (χ0v) is 9.97. The third-order valence-corrected chi connectivity index (χ3v) is 3.38. The first kappa shape index (κ1) is 14.3. The van der Waals surface area contributed by atoms with Crippen molar-refractivity contribution >= 4 is 10.1 Å². The minimum Gasteiger partial charge on any atom is -0.381 e. The molecule has 8 heteroatoms. The fourth-order valence-electron chi connectivity index (χ4n) is 1.51. The van der Waals surface area contributed by atoms with Crippen LogP contribution in [0.4, 0.5) is 13.2 Å². The predicted octanol–water partition coefficient (Wildman–Crippen LogP) is 2.18. The average Bonchev–Trinajstić information content (AvgIpc) is 2.25. The van der Waals surface area contributed by atoms with Gasteiger partial charge in [-0.15, -0.1) is 0 Å². The molecule has 1 heterocycles. The lowest BCUT2D eigenvalue weighted by atomic mass is 9.98. The highest BCUT2D eigenvalue weighted by molar-refractivity contribution is 7.87. The van der Waals surface area contributed by atoms with E-state index in [-0.39, 0.29) is 11.7 Å². The number of halogens is 3. The quantitative estimate of drug-likeness (QED) is 0.449. The Kier molecular flexibility index (Phi) is 4.42. The van der Waals surface area contributed by atoms with Crippen molar-refractivity contribution in [3.05, 3.63) is 11.8 Å². The van der Waals surface area contributed by atoms with Gasteiger partial charge in [0.15, 0.2) is 0 Å². The van der Waals surface area contributed by atoms with E-state index in [1.165, 1.54) is 13.0 Å². The smallest absolute Gasteiger partial charge is 0.381 e. The van der Waals surface area contributed by atoms with Gasteiger partial charge in [0.2, 0.25) is 0 Å².